The molecule has 0 fully saturated rings. The molecule has 2 heterocycles. The van der Waals surface area contributed by atoms with Gasteiger partial charge in [-0.1, -0.05) is 12.1 Å². The minimum absolute atomic E-state index is 0. The molecule has 7 heteroatoms. The maximum atomic E-state index is 12.4. The molecule has 0 saturated heterocycles. The summed E-state index contributed by atoms with van der Waals surface area (Å²) in [6.07, 6.45) is 3.35. The summed E-state index contributed by atoms with van der Waals surface area (Å²) in [6.45, 7) is 5.88. The van der Waals surface area contributed by atoms with Crippen molar-refractivity contribution < 1.29 is 9.07 Å². The van der Waals surface area contributed by atoms with Gasteiger partial charge in [-0.25, -0.2) is 9.97 Å². The van der Waals surface area contributed by atoms with Gasteiger partial charge in [0.15, 0.2) is 0 Å². The number of anilines is 1. The summed E-state index contributed by atoms with van der Waals surface area (Å²) in [6, 6.07) is 11.0. The highest BCUT2D eigenvalue weighted by atomic mass is 16.1. The van der Waals surface area contributed by atoms with Crippen LogP contribution in [0.5, 0.6) is 0 Å². The lowest BCUT2D eigenvalue weighted by Gasteiger charge is -2.14. The quantitative estimate of drug-likeness (QED) is 0.604. The van der Waals surface area contributed by atoms with Crippen molar-refractivity contribution in [1.82, 2.24) is 20.3 Å². The van der Waals surface area contributed by atoms with Gasteiger partial charge < -0.3 is 15.6 Å². The highest BCUT2D eigenvalue weighted by Crippen LogP contribution is 2.17. The van der Waals surface area contributed by atoms with Crippen LogP contribution in [-0.2, 0) is 6.54 Å². The van der Waals surface area contributed by atoms with E-state index in [2.05, 4.69) is 25.6 Å². The number of carbonyl (C=O) groups is 1. The second kappa shape index (κ2) is 8.47. The van der Waals surface area contributed by atoms with Crippen LogP contribution in [-0.4, -0.2) is 20.9 Å². The molecule has 28 heavy (non-hydrogen) atoms. The van der Waals surface area contributed by atoms with E-state index in [9.17, 15) is 9.59 Å². The number of hydrogen-bond donors (Lipinski definition) is 3. The SMILES string of the molecule is Cc1cc(C)c(CNC(=O)c2ccc(C(C)Nc3ncccn3)cc2)c(=O)[nH]1.[HH].[HH].[HH]. The summed E-state index contributed by atoms with van der Waals surface area (Å²) in [5.74, 6) is 0.327. The first-order valence-electron chi connectivity index (χ1n) is 9.05. The molecule has 0 saturated carbocycles. The number of aryl methyl sites for hydroxylation is 2. The molecule has 0 aliphatic carbocycles. The number of benzene rings is 1. The molecule has 2 aromatic heterocycles. The molecule has 1 unspecified atom stereocenters. The van der Waals surface area contributed by atoms with Gasteiger partial charge in [0.05, 0.1) is 6.04 Å². The standard InChI is InChI=1S/C21H23N5O2.3H2/c1-13-11-14(2)25-20(28)18(13)12-24-19(27)17-7-5-16(6-8-17)15(3)26-21-22-9-4-10-23-21;;;/h4-11,15H,12H2,1-3H3,(H,24,27)(H,25,28)(H,22,23,26);3*1H. The monoisotopic (exact) mass is 383 g/mol. The van der Waals surface area contributed by atoms with E-state index in [4.69, 9.17) is 0 Å². The average molecular weight is 383 g/mol. The number of amides is 1. The zero-order valence-corrected chi connectivity index (χ0v) is 16.1. The molecule has 0 aliphatic heterocycles. The highest BCUT2D eigenvalue weighted by molar-refractivity contribution is 5.94. The summed E-state index contributed by atoms with van der Waals surface area (Å²) < 4.78 is 0. The number of pyridine rings is 1. The van der Waals surface area contributed by atoms with Crippen molar-refractivity contribution in [2.75, 3.05) is 5.32 Å². The second-order valence-corrected chi connectivity index (χ2v) is 6.69. The van der Waals surface area contributed by atoms with Crippen molar-refractivity contribution in [3.63, 3.8) is 0 Å². The highest BCUT2D eigenvalue weighted by Gasteiger charge is 2.11. The van der Waals surface area contributed by atoms with Gasteiger partial charge in [0.2, 0.25) is 5.95 Å². The Labute approximate surface area is 167 Å². The van der Waals surface area contributed by atoms with Crippen LogP contribution in [0, 0.1) is 13.8 Å². The summed E-state index contributed by atoms with van der Waals surface area (Å²) in [5, 5.41) is 6.02. The number of hydrogen-bond acceptors (Lipinski definition) is 5. The smallest absolute Gasteiger partial charge is 0.253 e. The number of carbonyl (C=O) groups excluding carboxylic acids is 1. The van der Waals surface area contributed by atoms with Crippen molar-refractivity contribution in [3.05, 3.63) is 87.1 Å². The summed E-state index contributed by atoms with van der Waals surface area (Å²) >= 11 is 0. The maximum absolute atomic E-state index is 12.4. The Morgan fingerprint density at radius 1 is 1.18 bits per heavy atom. The van der Waals surface area contributed by atoms with Gasteiger partial charge >= 0.3 is 0 Å². The number of rotatable bonds is 6. The zero-order valence-electron chi connectivity index (χ0n) is 16.1. The Morgan fingerprint density at radius 3 is 2.50 bits per heavy atom. The molecule has 0 aliphatic rings. The third-order valence-electron chi connectivity index (χ3n) is 4.50. The van der Waals surface area contributed by atoms with E-state index >= 15 is 0 Å². The van der Waals surface area contributed by atoms with Crippen LogP contribution in [0.2, 0.25) is 0 Å². The fourth-order valence-electron chi connectivity index (χ4n) is 2.95. The van der Waals surface area contributed by atoms with Gasteiger partial charge in [0, 0.05) is 40.0 Å². The first-order valence-corrected chi connectivity index (χ1v) is 9.05. The van der Waals surface area contributed by atoms with E-state index in [1.54, 1.807) is 30.6 Å². The minimum Gasteiger partial charge on any atom is -0.348 e. The predicted octanol–water partition coefficient (Wildman–Crippen LogP) is 3.62. The van der Waals surface area contributed by atoms with Crippen molar-refractivity contribution >= 4 is 11.9 Å². The molecular formula is C21H29N5O2. The molecule has 3 N–H and O–H groups in total. The normalized spacial score (nSPS) is 11.7. The summed E-state index contributed by atoms with van der Waals surface area (Å²) in [5.41, 5.74) is 3.60. The Morgan fingerprint density at radius 2 is 1.86 bits per heavy atom. The van der Waals surface area contributed by atoms with Crippen molar-refractivity contribution in [3.8, 4) is 0 Å². The first kappa shape index (κ1) is 19.3. The Bertz CT molecular complexity index is 1030. The van der Waals surface area contributed by atoms with Crippen LogP contribution >= 0.6 is 0 Å². The molecule has 0 radical (unpaired) electrons. The summed E-state index contributed by atoms with van der Waals surface area (Å²) in [4.78, 5) is 35.5. The largest absolute Gasteiger partial charge is 0.348 e. The first-order chi connectivity index (χ1) is 13.4. The molecule has 1 atom stereocenters. The molecular weight excluding hydrogens is 354 g/mol. The third kappa shape index (κ3) is 4.62. The Hall–Kier alpha value is -3.48. The second-order valence-electron chi connectivity index (χ2n) is 6.69. The van der Waals surface area contributed by atoms with Gasteiger partial charge in [-0.2, -0.15) is 0 Å². The van der Waals surface area contributed by atoms with Crippen LogP contribution in [0.3, 0.4) is 0 Å². The summed E-state index contributed by atoms with van der Waals surface area (Å²) in [7, 11) is 0. The predicted molar refractivity (Wildman–Crippen MR) is 115 cm³/mol. The van der Waals surface area contributed by atoms with Crippen molar-refractivity contribution in [2.24, 2.45) is 0 Å². The van der Waals surface area contributed by atoms with E-state index < -0.39 is 0 Å². The number of nitrogens with one attached hydrogen (secondary N) is 3. The number of aromatic amines is 1. The van der Waals surface area contributed by atoms with E-state index in [0.29, 0.717) is 17.1 Å². The third-order valence-corrected chi connectivity index (χ3v) is 4.50. The van der Waals surface area contributed by atoms with Gasteiger partial charge in [-0.15, -0.1) is 0 Å². The number of nitrogens with zero attached hydrogens (tertiary/aromatic N) is 2. The van der Waals surface area contributed by atoms with Crippen LogP contribution < -0.4 is 16.2 Å². The van der Waals surface area contributed by atoms with Gasteiger partial charge in [0.25, 0.3) is 11.5 Å². The Kier molecular flexibility index (Phi) is 5.84. The molecule has 1 aromatic carbocycles. The Balaban J connectivity index is 0.00000300. The maximum Gasteiger partial charge on any atom is 0.253 e. The van der Waals surface area contributed by atoms with Gasteiger partial charge in [0.1, 0.15) is 0 Å². The van der Waals surface area contributed by atoms with Crippen molar-refractivity contribution in [2.45, 2.75) is 33.4 Å². The van der Waals surface area contributed by atoms with E-state index in [1.807, 2.05) is 39.0 Å². The zero-order chi connectivity index (χ0) is 20.1. The lowest BCUT2D eigenvalue weighted by atomic mass is 10.1. The van der Waals surface area contributed by atoms with Gasteiger partial charge in [-0.05, 0) is 56.2 Å². The fourth-order valence-corrected chi connectivity index (χ4v) is 2.95. The molecule has 7 nitrogen and oxygen atoms in total. The molecule has 1 amide bonds. The topological polar surface area (TPSA) is 99.8 Å². The van der Waals surface area contributed by atoms with E-state index in [-0.39, 0.29) is 28.3 Å². The lowest BCUT2D eigenvalue weighted by molar-refractivity contribution is 0.0950. The minimum atomic E-state index is -0.224. The molecule has 0 spiro atoms. The van der Waals surface area contributed by atoms with Crippen LogP contribution in [0.1, 0.15) is 50.0 Å². The van der Waals surface area contributed by atoms with E-state index in [1.165, 1.54) is 0 Å². The van der Waals surface area contributed by atoms with E-state index in [0.717, 1.165) is 16.8 Å². The van der Waals surface area contributed by atoms with Crippen molar-refractivity contribution in [1.29, 1.82) is 0 Å². The average Bonchev–Trinajstić information content (AvgIpc) is 2.68. The fraction of sp³-hybridized carbons (Fsp3) is 0.238. The van der Waals surface area contributed by atoms with Gasteiger partial charge in [-0.3, -0.25) is 9.59 Å². The van der Waals surface area contributed by atoms with Crippen LogP contribution in [0.15, 0.2) is 53.6 Å². The number of aromatic nitrogens is 3. The molecule has 3 aromatic rings. The van der Waals surface area contributed by atoms with Crippen LogP contribution in [0.4, 0.5) is 5.95 Å². The molecule has 0 bridgehead atoms. The molecule has 150 valence electrons. The molecule has 3 rings (SSSR count). The lowest BCUT2D eigenvalue weighted by Crippen LogP contribution is -2.27. The van der Waals surface area contributed by atoms with Crippen LogP contribution in [0.25, 0.3) is 0 Å². The number of H-pyrrole nitrogens is 1.